The Bertz CT molecular complexity index is 591. The van der Waals surface area contributed by atoms with Gasteiger partial charge >= 0.3 is 5.97 Å². The molecular formula is C12H13FN4O4. The smallest absolute Gasteiger partial charge is 0.356 e. The molecular weight excluding hydrogens is 283 g/mol. The van der Waals surface area contributed by atoms with Crippen LogP contribution in [-0.4, -0.2) is 38.9 Å². The normalized spacial score (nSPS) is 9.43. The van der Waals surface area contributed by atoms with Gasteiger partial charge in [-0.05, 0) is 24.3 Å². The minimum absolute atomic E-state index is 0.0338. The van der Waals surface area contributed by atoms with Crippen LogP contribution in [0.1, 0.15) is 10.5 Å². The van der Waals surface area contributed by atoms with E-state index in [4.69, 9.17) is 15.9 Å². The van der Waals surface area contributed by atoms with E-state index < -0.39 is 18.5 Å². The summed E-state index contributed by atoms with van der Waals surface area (Å²) >= 11 is 0. The lowest BCUT2D eigenvalue weighted by Gasteiger charge is -1.99. The predicted octanol–water partition coefficient (Wildman–Crippen LogP) is 0.447. The lowest BCUT2D eigenvalue weighted by molar-refractivity contribution is -0.118. The molecule has 0 aliphatic rings. The summed E-state index contributed by atoms with van der Waals surface area (Å²) in [6.07, 6.45) is 1.15. The molecule has 9 heteroatoms. The monoisotopic (exact) mass is 296 g/mol. The number of rotatable bonds is 3. The number of aromatic amines is 1. The Morgan fingerprint density at radius 3 is 2.43 bits per heavy atom. The van der Waals surface area contributed by atoms with Crippen LogP contribution in [0.15, 0.2) is 30.5 Å². The molecule has 2 aromatic rings. The lowest BCUT2D eigenvalue weighted by atomic mass is 10.3. The third-order valence-electron chi connectivity index (χ3n) is 2.14. The number of aliphatic hydroxyl groups excluding tert-OH is 1. The fraction of sp³-hybridized carbons (Fsp3) is 0.0833. The quantitative estimate of drug-likeness (QED) is 0.520. The molecule has 6 N–H and O–H groups in total. The first-order valence-corrected chi connectivity index (χ1v) is 5.62. The number of aliphatic hydroxyl groups is 1. The number of carbonyl (C=O) groups excluding carboxylic acids is 1. The maximum Gasteiger partial charge on any atom is 0.356 e. The number of carbonyl (C=O) groups is 2. The highest BCUT2D eigenvalue weighted by Gasteiger charge is 2.13. The van der Waals surface area contributed by atoms with Gasteiger partial charge in [0.2, 0.25) is 5.91 Å². The number of nitrogen functional groups attached to an aromatic ring is 1. The van der Waals surface area contributed by atoms with E-state index >= 15 is 0 Å². The van der Waals surface area contributed by atoms with Crippen LogP contribution in [-0.2, 0) is 4.79 Å². The minimum atomic E-state index is -1.23. The highest BCUT2D eigenvalue weighted by Crippen LogP contribution is 2.10. The van der Waals surface area contributed by atoms with Gasteiger partial charge in [0, 0.05) is 5.69 Å². The van der Waals surface area contributed by atoms with Crippen molar-refractivity contribution < 1.29 is 24.2 Å². The van der Waals surface area contributed by atoms with E-state index in [1.54, 1.807) is 0 Å². The van der Waals surface area contributed by atoms with Gasteiger partial charge in [0.15, 0.2) is 5.69 Å². The summed E-state index contributed by atoms with van der Waals surface area (Å²) in [5.74, 6) is -2.17. The molecule has 0 aliphatic heterocycles. The van der Waals surface area contributed by atoms with Crippen molar-refractivity contribution in [3.05, 3.63) is 42.0 Å². The van der Waals surface area contributed by atoms with E-state index in [1.165, 1.54) is 24.3 Å². The predicted molar refractivity (Wildman–Crippen MR) is 72.1 cm³/mol. The minimum Gasteiger partial charge on any atom is -0.476 e. The van der Waals surface area contributed by atoms with Crippen molar-refractivity contribution >= 4 is 23.3 Å². The molecule has 0 aliphatic carbocycles. The van der Waals surface area contributed by atoms with Crippen LogP contribution in [0.5, 0.6) is 0 Å². The number of hydrogen-bond acceptors (Lipinski definition) is 5. The Balaban J connectivity index is 0.000000235. The number of aromatic carboxylic acids is 1. The first kappa shape index (κ1) is 16.1. The zero-order valence-electron chi connectivity index (χ0n) is 10.7. The third-order valence-corrected chi connectivity index (χ3v) is 2.14. The largest absolute Gasteiger partial charge is 0.476 e. The number of aromatic nitrogens is 2. The lowest BCUT2D eigenvalue weighted by Crippen LogP contribution is -2.17. The molecule has 21 heavy (non-hydrogen) atoms. The molecule has 1 heterocycles. The van der Waals surface area contributed by atoms with Crippen molar-refractivity contribution in [1.29, 1.82) is 0 Å². The van der Waals surface area contributed by atoms with Crippen LogP contribution in [0.2, 0.25) is 0 Å². The van der Waals surface area contributed by atoms with Crippen molar-refractivity contribution in [1.82, 2.24) is 10.2 Å². The van der Waals surface area contributed by atoms with Crippen molar-refractivity contribution in [3.63, 3.8) is 0 Å². The SMILES string of the molecule is Nc1ccc(F)cc1.O=C(CO)Nc1cn[nH]c1C(=O)O. The maximum atomic E-state index is 12.0. The van der Waals surface area contributed by atoms with E-state index in [-0.39, 0.29) is 17.2 Å². The topological polar surface area (TPSA) is 141 Å². The number of nitrogens with one attached hydrogen (secondary N) is 2. The summed E-state index contributed by atoms with van der Waals surface area (Å²) in [6.45, 7) is -0.704. The summed E-state index contributed by atoms with van der Waals surface area (Å²) in [5.41, 5.74) is 5.66. The fourth-order valence-corrected chi connectivity index (χ4v) is 1.20. The number of carboxylic acid groups (broad SMARTS) is 1. The summed E-state index contributed by atoms with van der Waals surface area (Å²) in [5, 5.41) is 24.7. The zero-order valence-corrected chi connectivity index (χ0v) is 10.7. The van der Waals surface area contributed by atoms with Crippen LogP contribution in [0.25, 0.3) is 0 Å². The second-order valence-electron chi connectivity index (χ2n) is 3.72. The maximum absolute atomic E-state index is 12.0. The van der Waals surface area contributed by atoms with Crippen LogP contribution in [0.4, 0.5) is 15.8 Å². The summed E-state index contributed by atoms with van der Waals surface area (Å²) < 4.78 is 12.0. The average molecular weight is 296 g/mol. The number of halogens is 1. The van der Waals surface area contributed by atoms with Gasteiger partial charge in [-0.1, -0.05) is 0 Å². The number of benzene rings is 1. The van der Waals surface area contributed by atoms with Gasteiger partial charge < -0.3 is 21.3 Å². The van der Waals surface area contributed by atoms with Gasteiger partial charge in [-0.3, -0.25) is 9.89 Å². The molecule has 1 aromatic heterocycles. The van der Waals surface area contributed by atoms with Crippen LogP contribution < -0.4 is 11.1 Å². The molecule has 0 radical (unpaired) electrons. The third kappa shape index (κ3) is 5.28. The number of nitrogens with zero attached hydrogens (tertiary/aromatic N) is 1. The Labute approximate surface area is 118 Å². The van der Waals surface area contributed by atoms with E-state index in [9.17, 15) is 14.0 Å². The van der Waals surface area contributed by atoms with E-state index in [0.717, 1.165) is 6.20 Å². The molecule has 1 aromatic carbocycles. The molecule has 112 valence electrons. The van der Waals surface area contributed by atoms with Gasteiger partial charge in [0.05, 0.1) is 11.9 Å². The molecule has 2 rings (SSSR count). The van der Waals surface area contributed by atoms with Crippen LogP contribution >= 0.6 is 0 Å². The molecule has 0 unspecified atom stereocenters. The number of carboxylic acids is 1. The number of anilines is 2. The van der Waals surface area contributed by atoms with Crippen molar-refractivity contribution in [2.24, 2.45) is 0 Å². The van der Waals surface area contributed by atoms with Crippen LogP contribution in [0, 0.1) is 5.82 Å². The van der Waals surface area contributed by atoms with Gasteiger partial charge in [-0.2, -0.15) is 5.10 Å². The highest BCUT2D eigenvalue weighted by atomic mass is 19.1. The summed E-state index contributed by atoms with van der Waals surface area (Å²) in [6, 6.07) is 5.70. The van der Waals surface area contributed by atoms with Crippen molar-refractivity contribution in [3.8, 4) is 0 Å². The molecule has 0 saturated heterocycles. The molecule has 0 saturated carbocycles. The summed E-state index contributed by atoms with van der Waals surface area (Å²) in [7, 11) is 0. The van der Waals surface area contributed by atoms with Gasteiger partial charge in [0.1, 0.15) is 12.4 Å². The van der Waals surface area contributed by atoms with E-state index in [1.807, 2.05) is 0 Å². The first-order chi connectivity index (χ1) is 9.93. The van der Waals surface area contributed by atoms with Crippen LogP contribution in [0.3, 0.4) is 0 Å². The van der Waals surface area contributed by atoms with Crippen molar-refractivity contribution in [2.75, 3.05) is 17.7 Å². The van der Waals surface area contributed by atoms with E-state index in [0.29, 0.717) is 5.69 Å². The number of nitrogens with two attached hydrogens (primary N) is 1. The molecule has 0 atom stereocenters. The highest BCUT2D eigenvalue weighted by molar-refractivity contribution is 5.99. The molecule has 0 fully saturated rings. The Hall–Kier alpha value is -2.94. The number of H-pyrrole nitrogens is 1. The average Bonchev–Trinajstić information content (AvgIpc) is 2.91. The zero-order chi connectivity index (χ0) is 15.8. The van der Waals surface area contributed by atoms with Gasteiger partial charge in [-0.25, -0.2) is 9.18 Å². The Morgan fingerprint density at radius 2 is 1.95 bits per heavy atom. The molecule has 1 amide bonds. The van der Waals surface area contributed by atoms with E-state index in [2.05, 4.69) is 15.5 Å². The van der Waals surface area contributed by atoms with Crippen molar-refractivity contribution in [2.45, 2.75) is 0 Å². The molecule has 8 nitrogen and oxygen atoms in total. The molecule has 0 bridgehead atoms. The first-order valence-electron chi connectivity index (χ1n) is 5.62. The second-order valence-corrected chi connectivity index (χ2v) is 3.72. The summed E-state index contributed by atoms with van der Waals surface area (Å²) in [4.78, 5) is 21.1. The molecule has 0 spiro atoms. The van der Waals surface area contributed by atoms with Gasteiger partial charge in [-0.15, -0.1) is 0 Å². The second kappa shape index (κ2) is 7.60. The standard InChI is InChI=1S/C6H6FN.C6H7N3O4/c7-5-1-3-6(8)4-2-5;10-2-4(11)8-3-1-7-9-5(3)6(12)13/h1-4H,8H2;1,10H,2H2,(H,7,9)(H,8,11)(H,12,13). The number of amides is 1. The Morgan fingerprint density at radius 1 is 1.33 bits per heavy atom. The fourth-order valence-electron chi connectivity index (χ4n) is 1.20. The Kier molecular flexibility index (Phi) is 5.83. The van der Waals surface area contributed by atoms with Gasteiger partial charge in [0.25, 0.3) is 0 Å². The number of hydrogen-bond donors (Lipinski definition) is 5.